The lowest BCUT2D eigenvalue weighted by molar-refractivity contribution is 1.18. The first-order valence-electron chi connectivity index (χ1n) is 4.12. The summed E-state index contributed by atoms with van der Waals surface area (Å²) in [4.78, 5) is 10.6. The van der Waals surface area contributed by atoms with E-state index in [2.05, 4.69) is 41.8 Å². The molecule has 0 atom stereocenters. The zero-order valence-electron chi connectivity index (χ0n) is 7.79. The lowest BCUT2D eigenvalue weighted by Gasteiger charge is -1.99. The fourth-order valence-electron chi connectivity index (χ4n) is 1.07. The topological polar surface area (TPSA) is 51.8 Å². The number of hydrogen-bond acceptors (Lipinski definition) is 4. The lowest BCUT2D eigenvalue weighted by atomic mass is 10.4. The molecule has 0 saturated heterocycles. The summed E-state index contributed by atoms with van der Waals surface area (Å²) in [5, 5.41) is 0. The van der Waals surface area contributed by atoms with Crippen LogP contribution in [0.25, 0.3) is 10.7 Å². The summed E-state index contributed by atoms with van der Waals surface area (Å²) < 4.78 is 1.80. The van der Waals surface area contributed by atoms with E-state index in [0.29, 0.717) is 11.6 Å². The molecule has 0 aliphatic rings. The highest BCUT2D eigenvalue weighted by atomic mass is 79.9. The molecule has 2 rings (SSSR count). The Bertz CT molecular complexity index is 491. The molecule has 0 amide bonds. The normalized spacial score (nSPS) is 10.6. The van der Waals surface area contributed by atoms with Crippen molar-refractivity contribution in [3.63, 3.8) is 0 Å². The molecule has 0 aromatic carbocycles. The van der Waals surface area contributed by atoms with E-state index in [1.165, 1.54) is 4.88 Å². The molecule has 0 spiro atoms. The van der Waals surface area contributed by atoms with Gasteiger partial charge in [-0.25, -0.2) is 9.97 Å². The summed E-state index contributed by atoms with van der Waals surface area (Å²) in [5.41, 5.74) is 5.70. The molecule has 78 valence electrons. The Kier molecular flexibility index (Phi) is 3.08. The molecule has 0 aliphatic heterocycles. The monoisotopic (exact) mass is 347 g/mol. The van der Waals surface area contributed by atoms with Crippen molar-refractivity contribution in [2.45, 2.75) is 6.92 Å². The van der Waals surface area contributed by atoms with Gasteiger partial charge in [0, 0.05) is 15.5 Å². The number of anilines is 1. The Hall–Kier alpha value is -0.460. The molecule has 2 heterocycles. The van der Waals surface area contributed by atoms with Gasteiger partial charge in [-0.1, -0.05) is 0 Å². The van der Waals surface area contributed by atoms with Crippen molar-refractivity contribution in [1.82, 2.24) is 9.97 Å². The molecule has 2 aromatic heterocycles. The molecule has 6 heteroatoms. The third-order valence-electron chi connectivity index (χ3n) is 1.85. The molecule has 3 nitrogen and oxygen atoms in total. The number of aryl methyl sites for hydroxylation is 1. The lowest BCUT2D eigenvalue weighted by Crippen LogP contribution is -1.95. The van der Waals surface area contributed by atoms with E-state index < -0.39 is 0 Å². The van der Waals surface area contributed by atoms with E-state index in [1.54, 1.807) is 17.5 Å². The third-order valence-corrected chi connectivity index (χ3v) is 4.59. The van der Waals surface area contributed by atoms with Crippen LogP contribution in [0.1, 0.15) is 4.88 Å². The smallest absolute Gasteiger partial charge is 0.171 e. The molecule has 0 bridgehead atoms. The first-order chi connectivity index (χ1) is 7.08. The van der Waals surface area contributed by atoms with Gasteiger partial charge >= 0.3 is 0 Å². The van der Waals surface area contributed by atoms with Gasteiger partial charge < -0.3 is 5.73 Å². The fourth-order valence-corrected chi connectivity index (χ4v) is 2.74. The second kappa shape index (κ2) is 4.19. The summed E-state index contributed by atoms with van der Waals surface area (Å²) >= 11 is 8.37. The zero-order chi connectivity index (χ0) is 11.0. The number of thiophene rings is 1. The maximum Gasteiger partial charge on any atom is 0.171 e. The quantitative estimate of drug-likeness (QED) is 0.856. The van der Waals surface area contributed by atoms with Crippen LogP contribution >= 0.6 is 43.2 Å². The highest BCUT2D eigenvalue weighted by Gasteiger charge is 2.09. The van der Waals surface area contributed by atoms with E-state index >= 15 is 0 Å². The minimum Gasteiger partial charge on any atom is -0.383 e. The number of nitrogens with two attached hydrogens (primary N) is 1. The summed E-state index contributed by atoms with van der Waals surface area (Å²) in [6.45, 7) is 2.04. The molecule has 0 fully saturated rings. The molecule has 0 radical (unpaired) electrons. The number of aromatic nitrogens is 2. The minimum atomic E-state index is 0.460. The predicted octanol–water partition coefficient (Wildman–Crippen LogP) is 3.62. The Morgan fingerprint density at radius 1 is 1.33 bits per heavy atom. The van der Waals surface area contributed by atoms with Gasteiger partial charge in [0.05, 0.1) is 9.35 Å². The van der Waals surface area contributed by atoms with Crippen LogP contribution in [0.5, 0.6) is 0 Å². The number of nitrogen functional groups attached to an aromatic ring is 1. The highest BCUT2D eigenvalue weighted by Crippen LogP contribution is 2.33. The van der Waals surface area contributed by atoms with Crippen molar-refractivity contribution in [3.8, 4) is 10.7 Å². The molecular formula is C9H7Br2N3S. The van der Waals surface area contributed by atoms with Gasteiger partial charge in [0.1, 0.15) is 5.82 Å². The van der Waals surface area contributed by atoms with Crippen LogP contribution in [-0.2, 0) is 0 Å². The first-order valence-corrected chi connectivity index (χ1v) is 6.52. The Morgan fingerprint density at radius 2 is 2.07 bits per heavy atom. The maximum absolute atomic E-state index is 5.70. The SMILES string of the molecule is Cc1sc(-c2ncc(Br)c(N)n2)cc1Br. The van der Waals surface area contributed by atoms with Gasteiger partial charge in [-0.3, -0.25) is 0 Å². The zero-order valence-corrected chi connectivity index (χ0v) is 11.8. The molecule has 0 aliphatic carbocycles. The Labute approximate surface area is 108 Å². The van der Waals surface area contributed by atoms with E-state index in [4.69, 9.17) is 5.73 Å². The van der Waals surface area contributed by atoms with Gasteiger partial charge in [0.25, 0.3) is 0 Å². The average Bonchev–Trinajstić information content (AvgIpc) is 2.52. The van der Waals surface area contributed by atoms with Gasteiger partial charge in [0.15, 0.2) is 5.82 Å². The van der Waals surface area contributed by atoms with Gasteiger partial charge in [-0.05, 0) is 44.8 Å². The van der Waals surface area contributed by atoms with Gasteiger partial charge in [-0.2, -0.15) is 0 Å². The van der Waals surface area contributed by atoms with Gasteiger partial charge in [0.2, 0.25) is 0 Å². The first kappa shape index (κ1) is 11.0. The number of hydrogen-bond donors (Lipinski definition) is 1. The molecule has 2 aromatic rings. The van der Waals surface area contributed by atoms with Crippen LogP contribution in [-0.4, -0.2) is 9.97 Å². The van der Waals surface area contributed by atoms with Crippen molar-refractivity contribution in [3.05, 3.63) is 26.1 Å². The molecule has 15 heavy (non-hydrogen) atoms. The van der Waals surface area contributed by atoms with Crippen molar-refractivity contribution >= 4 is 49.0 Å². The summed E-state index contributed by atoms with van der Waals surface area (Å²) in [6.07, 6.45) is 1.67. The minimum absolute atomic E-state index is 0.460. The van der Waals surface area contributed by atoms with Gasteiger partial charge in [-0.15, -0.1) is 11.3 Å². The van der Waals surface area contributed by atoms with Crippen LogP contribution in [0.2, 0.25) is 0 Å². The largest absolute Gasteiger partial charge is 0.383 e. The van der Waals surface area contributed by atoms with Crippen molar-refractivity contribution in [1.29, 1.82) is 0 Å². The average molecular weight is 349 g/mol. The fraction of sp³-hybridized carbons (Fsp3) is 0.111. The second-order valence-electron chi connectivity index (χ2n) is 2.94. The molecule has 0 unspecified atom stereocenters. The van der Waals surface area contributed by atoms with Crippen molar-refractivity contribution in [2.24, 2.45) is 0 Å². The second-order valence-corrected chi connectivity index (χ2v) is 5.91. The van der Waals surface area contributed by atoms with Crippen molar-refractivity contribution in [2.75, 3.05) is 5.73 Å². The number of rotatable bonds is 1. The van der Waals surface area contributed by atoms with Crippen LogP contribution < -0.4 is 5.73 Å². The Balaban J connectivity index is 2.49. The summed E-state index contributed by atoms with van der Waals surface area (Å²) in [7, 11) is 0. The molecule has 2 N–H and O–H groups in total. The maximum atomic E-state index is 5.70. The van der Waals surface area contributed by atoms with E-state index in [0.717, 1.165) is 13.8 Å². The molecular weight excluding hydrogens is 342 g/mol. The summed E-state index contributed by atoms with van der Waals surface area (Å²) in [5.74, 6) is 1.12. The van der Waals surface area contributed by atoms with E-state index in [-0.39, 0.29) is 0 Å². The van der Waals surface area contributed by atoms with Crippen LogP contribution in [0.4, 0.5) is 5.82 Å². The predicted molar refractivity (Wildman–Crippen MR) is 69.9 cm³/mol. The Morgan fingerprint density at radius 3 is 2.60 bits per heavy atom. The van der Waals surface area contributed by atoms with E-state index in [1.807, 2.05) is 13.0 Å². The van der Waals surface area contributed by atoms with E-state index in [9.17, 15) is 0 Å². The van der Waals surface area contributed by atoms with Crippen LogP contribution in [0.15, 0.2) is 21.2 Å². The molecule has 0 saturated carbocycles. The summed E-state index contributed by atoms with van der Waals surface area (Å²) in [6, 6.07) is 2.00. The van der Waals surface area contributed by atoms with Crippen LogP contribution in [0.3, 0.4) is 0 Å². The van der Waals surface area contributed by atoms with Crippen molar-refractivity contribution < 1.29 is 0 Å². The van der Waals surface area contributed by atoms with Crippen LogP contribution in [0, 0.1) is 6.92 Å². The highest BCUT2D eigenvalue weighted by molar-refractivity contribution is 9.11. The number of halogens is 2. The number of nitrogens with zero attached hydrogens (tertiary/aromatic N) is 2. The standard InChI is InChI=1S/C9H7Br2N3S/c1-4-5(10)2-7(15-4)9-13-3-6(11)8(12)14-9/h2-3H,1H3,(H2,12,13,14). The third kappa shape index (κ3) is 2.21.